The summed E-state index contributed by atoms with van der Waals surface area (Å²) in [7, 11) is 0. The van der Waals surface area contributed by atoms with Gasteiger partial charge in [-0.15, -0.1) is 0 Å². The maximum absolute atomic E-state index is 12.9. The highest BCUT2D eigenvalue weighted by Crippen LogP contribution is 2.19. The van der Waals surface area contributed by atoms with E-state index in [0.717, 1.165) is 37.1 Å². The van der Waals surface area contributed by atoms with E-state index in [4.69, 9.17) is 22.1 Å². The van der Waals surface area contributed by atoms with Gasteiger partial charge >= 0.3 is 0 Å². The molecule has 1 amide bonds. The third-order valence-corrected chi connectivity index (χ3v) is 5.11. The van der Waals surface area contributed by atoms with E-state index < -0.39 is 0 Å². The van der Waals surface area contributed by atoms with E-state index in [0.29, 0.717) is 23.9 Å². The van der Waals surface area contributed by atoms with E-state index in [-0.39, 0.29) is 18.6 Å². The molecule has 144 valence electrons. The Bertz CT molecular complexity index is 728. The van der Waals surface area contributed by atoms with E-state index in [1.165, 1.54) is 0 Å². The van der Waals surface area contributed by atoms with Gasteiger partial charge in [0.15, 0.2) is 6.61 Å². The van der Waals surface area contributed by atoms with Crippen LogP contribution in [0, 0.1) is 0 Å². The Balaban J connectivity index is 1.67. The fourth-order valence-corrected chi connectivity index (χ4v) is 3.40. The number of nitrogens with two attached hydrogens (primary N) is 1. The lowest BCUT2D eigenvalue weighted by molar-refractivity contribution is -0.137. The molecule has 0 saturated carbocycles. The highest BCUT2D eigenvalue weighted by Gasteiger charge is 2.25. The molecule has 6 heteroatoms. The highest BCUT2D eigenvalue weighted by atomic mass is 35.5. The van der Waals surface area contributed by atoms with Gasteiger partial charge in [0.1, 0.15) is 5.75 Å². The number of carbonyl (C=O) groups excluding carboxylic acids is 1. The minimum Gasteiger partial charge on any atom is -0.484 e. The first-order valence-electron chi connectivity index (χ1n) is 9.32. The van der Waals surface area contributed by atoms with Gasteiger partial charge in [0.2, 0.25) is 0 Å². The highest BCUT2D eigenvalue weighted by molar-refractivity contribution is 6.30. The van der Waals surface area contributed by atoms with Crippen molar-refractivity contribution in [2.75, 3.05) is 19.7 Å². The first-order valence-corrected chi connectivity index (χ1v) is 9.70. The van der Waals surface area contributed by atoms with Crippen molar-refractivity contribution in [1.29, 1.82) is 0 Å². The van der Waals surface area contributed by atoms with Crippen LogP contribution in [0.1, 0.15) is 24.0 Å². The fourth-order valence-electron chi connectivity index (χ4n) is 3.28. The van der Waals surface area contributed by atoms with Crippen molar-refractivity contribution in [3.63, 3.8) is 0 Å². The molecule has 27 heavy (non-hydrogen) atoms. The first kappa shape index (κ1) is 19.7. The number of amides is 1. The summed E-state index contributed by atoms with van der Waals surface area (Å²) in [6.45, 7) is 2.98. The van der Waals surface area contributed by atoms with Gasteiger partial charge in [0, 0.05) is 24.2 Å². The molecule has 0 unspecified atom stereocenters. The minimum atomic E-state index is -0.000230. The number of nitrogens with zero attached hydrogens (tertiary/aromatic N) is 1. The molecule has 1 fully saturated rings. The molecule has 2 aromatic rings. The van der Waals surface area contributed by atoms with Crippen molar-refractivity contribution in [1.82, 2.24) is 10.2 Å². The van der Waals surface area contributed by atoms with Gasteiger partial charge in [0.25, 0.3) is 5.91 Å². The Hall–Kier alpha value is -2.08. The van der Waals surface area contributed by atoms with Gasteiger partial charge in [-0.05, 0) is 61.3 Å². The number of nitrogens with one attached hydrogen (secondary N) is 1. The molecule has 3 rings (SSSR count). The van der Waals surface area contributed by atoms with E-state index in [1.54, 1.807) is 24.3 Å². The van der Waals surface area contributed by atoms with Crippen LogP contribution in [-0.4, -0.2) is 36.5 Å². The molecule has 1 heterocycles. The molecule has 1 aliphatic heterocycles. The lowest BCUT2D eigenvalue weighted by Crippen LogP contribution is -2.47. The van der Waals surface area contributed by atoms with Gasteiger partial charge in [-0.25, -0.2) is 0 Å². The quantitative estimate of drug-likeness (QED) is 0.766. The number of ether oxygens (including phenoxy) is 1. The van der Waals surface area contributed by atoms with Crippen molar-refractivity contribution in [2.45, 2.75) is 32.0 Å². The number of halogens is 1. The van der Waals surface area contributed by atoms with Crippen molar-refractivity contribution in [3.05, 3.63) is 64.7 Å². The van der Waals surface area contributed by atoms with Crippen LogP contribution in [0.25, 0.3) is 0 Å². The molecule has 0 spiro atoms. The van der Waals surface area contributed by atoms with Gasteiger partial charge in [-0.1, -0.05) is 35.9 Å². The number of carbonyl (C=O) groups is 1. The molecule has 0 radical (unpaired) electrons. The summed E-state index contributed by atoms with van der Waals surface area (Å²) < 4.78 is 5.69. The first-order chi connectivity index (χ1) is 13.2. The Labute approximate surface area is 165 Å². The van der Waals surface area contributed by atoms with Crippen molar-refractivity contribution >= 4 is 17.5 Å². The molecule has 2 aromatic carbocycles. The van der Waals surface area contributed by atoms with Crippen LogP contribution in [0.3, 0.4) is 0 Å². The maximum atomic E-state index is 12.9. The number of hydrogen-bond donors (Lipinski definition) is 2. The molecule has 1 saturated heterocycles. The van der Waals surface area contributed by atoms with Crippen LogP contribution < -0.4 is 15.8 Å². The zero-order valence-corrected chi connectivity index (χ0v) is 16.1. The summed E-state index contributed by atoms with van der Waals surface area (Å²) in [4.78, 5) is 14.9. The molecule has 5 nitrogen and oxygen atoms in total. The van der Waals surface area contributed by atoms with Gasteiger partial charge < -0.3 is 20.7 Å². The second-order valence-electron chi connectivity index (χ2n) is 6.77. The molecular weight excluding hydrogens is 362 g/mol. The SMILES string of the molecule is NCc1ccc(CN(C(=O)COc2ccc(Cl)cc2)C2CCNCC2)cc1. The van der Waals surface area contributed by atoms with Gasteiger partial charge in [0.05, 0.1) is 0 Å². The number of rotatable bonds is 7. The van der Waals surface area contributed by atoms with Crippen LogP contribution in [-0.2, 0) is 17.9 Å². The minimum absolute atomic E-state index is 0.000230. The lowest BCUT2D eigenvalue weighted by Gasteiger charge is -2.35. The normalized spacial score (nSPS) is 14.7. The topological polar surface area (TPSA) is 67.6 Å². The summed E-state index contributed by atoms with van der Waals surface area (Å²) in [5, 5.41) is 4.00. The Morgan fingerprint density at radius 3 is 2.33 bits per heavy atom. The average molecular weight is 388 g/mol. The molecule has 0 aromatic heterocycles. The Morgan fingerprint density at radius 1 is 1.07 bits per heavy atom. The van der Waals surface area contributed by atoms with Gasteiger partial charge in [-0.3, -0.25) is 4.79 Å². The summed E-state index contributed by atoms with van der Waals surface area (Å²) >= 11 is 5.89. The lowest BCUT2D eigenvalue weighted by atomic mass is 10.0. The summed E-state index contributed by atoms with van der Waals surface area (Å²) in [5.41, 5.74) is 7.86. The standard InChI is InChI=1S/C21H26ClN3O2/c22-18-5-7-20(8-6-18)27-15-21(26)25(19-9-11-24-12-10-19)14-17-3-1-16(13-23)2-4-17/h1-8,19,24H,9-15,23H2. The van der Waals surface area contributed by atoms with E-state index in [1.807, 2.05) is 29.2 Å². The second-order valence-corrected chi connectivity index (χ2v) is 7.20. The van der Waals surface area contributed by atoms with Crippen molar-refractivity contribution < 1.29 is 9.53 Å². The summed E-state index contributed by atoms with van der Waals surface area (Å²) in [5.74, 6) is 0.644. The second kappa shape index (κ2) is 9.74. The third-order valence-electron chi connectivity index (χ3n) is 4.86. The predicted molar refractivity (Wildman–Crippen MR) is 108 cm³/mol. The van der Waals surface area contributed by atoms with Crippen LogP contribution >= 0.6 is 11.6 Å². The van der Waals surface area contributed by atoms with Crippen molar-refractivity contribution in [2.24, 2.45) is 5.73 Å². The molecule has 3 N–H and O–H groups in total. The average Bonchev–Trinajstić information content (AvgIpc) is 2.72. The smallest absolute Gasteiger partial charge is 0.261 e. The number of benzene rings is 2. The maximum Gasteiger partial charge on any atom is 0.261 e. The summed E-state index contributed by atoms with van der Waals surface area (Å²) in [6, 6.07) is 15.4. The molecular formula is C21H26ClN3O2. The molecule has 1 aliphatic rings. The number of hydrogen-bond acceptors (Lipinski definition) is 4. The molecule has 0 bridgehead atoms. The third kappa shape index (κ3) is 5.70. The largest absolute Gasteiger partial charge is 0.484 e. The van der Waals surface area contributed by atoms with Crippen LogP contribution in [0.5, 0.6) is 5.75 Å². The van der Waals surface area contributed by atoms with Gasteiger partial charge in [-0.2, -0.15) is 0 Å². The molecule has 0 atom stereocenters. The van der Waals surface area contributed by atoms with E-state index in [9.17, 15) is 4.79 Å². The zero-order chi connectivity index (χ0) is 19.1. The van der Waals surface area contributed by atoms with E-state index >= 15 is 0 Å². The fraction of sp³-hybridized carbons (Fsp3) is 0.381. The summed E-state index contributed by atoms with van der Waals surface area (Å²) in [6.07, 6.45) is 1.90. The Kier molecular flexibility index (Phi) is 7.10. The van der Waals surface area contributed by atoms with Crippen LogP contribution in [0.4, 0.5) is 0 Å². The van der Waals surface area contributed by atoms with Crippen molar-refractivity contribution in [3.8, 4) is 5.75 Å². The predicted octanol–water partition coefficient (Wildman–Crippen LogP) is 2.96. The zero-order valence-electron chi connectivity index (χ0n) is 15.4. The number of piperidine rings is 1. The molecule has 0 aliphatic carbocycles. The Morgan fingerprint density at radius 2 is 1.70 bits per heavy atom. The van der Waals surface area contributed by atoms with Crippen LogP contribution in [0.15, 0.2) is 48.5 Å². The van der Waals surface area contributed by atoms with E-state index in [2.05, 4.69) is 5.32 Å². The monoisotopic (exact) mass is 387 g/mol. The van der Waals surface area contributed by atoms with Crippen LogP contribution in [0.2, 0.25) is 5.02 Å².